The Morgan fingerprint density at radius 1 is 1.53 bits per heavy atom. The Bertz CT molecular complexity index is 376. The minimum Gasteiger partial charge on any atom is -0.480 e. The molecule has 5 nitrogen and oxygen atoms in total. The summed E-state index contributed by atoms with van der Waals surface area (Å²) in [6.45, 7) is 3.71. The predicted octanol–water partition coefficient (Wildman–Crippen LogP) is 1.75. The zero-order valence-corrected chi connectivity index (χ0v) is 10.7. The van der Waals surface area contributed by atoms with Crippen molar-refractivity contribution >= 4 is 23.3 Å². The van der Waals surface area contributed by atoms with Crippen LogP contribution >= 0.6 is 11.3 Å². The fraction of sp³-hybridized carbons (Fsp3) is 0.455. The molecule has 0 aliphatic carbocycles. The van der Waals surface area contributed by atoms with E-state index in [4.69, 9.17) is 5.11 Å². The first kappa shape index (κ1) is 13.5. The monoisotopic (exact) mass is 256 g/mol. The normalized spacial score (nSPS) is 10.3. The van der Waals surface area contributed by atoms with Crippen LogP contribution in [0.4, 0.5) is 4.79 Å². The summed E-state index contributed by atoms with van der Waals surface area (Å²) in [6, 6.07) is 1.42. The van der Waals surface area contributed by atoms with Crippen LogP contribution in [0, 0.1) is 0 Å². The van der Waals surface area contributed by atoms with E-state index in [1.165, 1.54) is 4.90 Å². The molecule has 0 bridgehead atoms. The molecular formula is C11H16N2O3S. The van der Waals surface area contributed by atoms with Crippen molar-refractivity contribution in [3.8, 4) is 0 Å². The molecule has 1 rings (SSSR count). The average Bonchev–Trinajstić information content (AvgIpc) is 2.74. The van der Waals surface area contributed by atoms with Gasteiger partial charge in [-0.05, 0) is 36.2 Å². The standard InChI is InChI=1S/C11H16N2O3S/c1-8(2)13(6-10(14)15)11(16)12-5-9-3-4-17-7-9/h3-4,7-8H,5-6H2,1-2H3,(H,12,16)(H,14,15). The zero-order valence-electron chi connectivity index (χ0n) is 9.84. The summed E-state index contributed by atoms with van der Waals surface area (Å²) in [5, 5.41) is 15.3. The highest BCUT2D eigenvalue weighted by Crippen LogP contribution is 2.06. The third-order valence-electron chi connectivity index (χ3n) is 2.21. The van der Waals surface area contributed by atoms with Gasteiger partial charge in [-0.25, -0.2) is 4.79 Å². The number of carboxylic acids is 1. The molecule has 0 aliphatic rings. The highest BCUT2D eigenvalue weighted by atomic mass is 32.1. The molecule has 17 heavy (non-hydrogen) atoms. The highest BCUT2D eigenvalue weighted by Gasteiger charge is 2.19. The van der Waals surface area contributed by atoms with Crippen molar-refractivity contribution in [1.82, 2.24) is 10.2 Å². The molecular weight excluding hydrogens is 240 g/mol. The number of carbonyl (C=O) groups is 2. The number of rotatable bonds is 5. The Hall–Kier alpha value is -1.56. The number of carbonyl (C=O) groups excluding carboxylic acids is 1. The number of hydrogen-bond donors (Lipinski definition) is 2. The van der Waals surface area contributed by atoms with Crippen molar-refractivity contribution in [2.75, 3.05) is 6.54 Å². The molecule has 6 heteroatoms. The van der Waals surface area contributed by atoms with Crippen LogP contribution in [0.25, 0.3) is 0 Å². The summed E-state index contributed by atoms with van der Waals surface area (Å²) in [7, 11) is 0. The zero-order chi connectivity index (χ0) is 12.8. The minimum atomic E-state index is -1.01. The van der Waals surface area contributed by atoms with Gasteiger partial charge in [-0.1, -0.05) is 0 Å². The maximum absolute atomic E-state index is 11.8. The summed E-state index contributed by atoms with van der Waals surface area (Å²) in [5.74, 6) is -1.01. The van der Waals surface area contributed by atoms with Crippen molar-refractivity contribution in [3.63, 3.8) is 0 Å². The lowest BCUT2D eigenvalue weighted by molar-refractivity contribution is -0.138. The van der Waals surface area contributed by atoms with Crippen LogP contribution in [-0.4, -0.2) is 34.6 Å². The van der Waals surface area contributed by atoms with Gasteiger partial charge in [0.25, 0.3) is 0 Å². The van der Waals surface area contributed by atoms with Gasteiger partial charge in [-0.3, -0.25) is 4.79 Å². The van der Waals surface area contributed by atoms with Crippen LogP contribution in [-0.2, 0) is 11.3 Å². The Kier molecular flexibility index (Phi) is 4.96. The van der Waals surface area contributed by atoms with E-state index in [1.54, 1.807) is 25.2 Å². The van der Waals surface area contributed by atoms with Crippen molar-refractivity contribution in [3.05, 3.63) is 22.4 Å². The summed E-state index contributed by atoms with van der Waals surface area (Å²) < 4.78 is 0. The first-order valence-electron chi connectivity index (χ1n) is 5.28. The molecule has 1 aromatic rings. The van der Waals surface area contributed by atoms with Crippen LogP contribution in [0.3, 0.4) is 0 Å². The topological polar surface area (TPSA) is 69.6 Å². The van der Waals surface area contributed by atoms with Gasteiger partial charge in [0.2, 0.25) is 0 Å². The molecule has 0 fully saturated rings. The maximum atomic E-state index is 11.8. The second-order valence-corrected chi connectivity index (χ2v) is 4.69. The molecule has 1 heterocycles. The van der Waals surface area contributed by atoms with E-state index in [2.05, 4.69) is 5.32 Å². The van der Waals surface area contributed by atoms with Gasteiger partial charge in [0.05, 0.1) is 0 Å². The van der Waals surface area contributed by atoms with Gasteiger partial charge in [-0.15, -0.1) is 0 Å². The third-order valence-corrected chi connectivity index (χ3v) is 2.95. The van der Waals surface area contributed by atoms with Crippen LogP contribution in [0.1, 0.15) is 19.4 Å². The molecule has 94 valence electrons. The Morgan fingerprint density at radius 3 is 2.71 bits per heavy atom. The van der Waals surface area contributed by atoms with Crippen LogP contribution in [0.2, 0.25) is 0 Å². The fourth-order valence-electron chi connectivity index (χ4n) is 1.31. The summed E-state index contributed by atoms with van der Waals surface area (Å²) in [5.41, 5.74) is 1.02. The summed E-state index contributed by atoms with van der Waals surface area (Å²) in [4.78, 5) is 23.7. The van der Waals surface area contributed by atoms with Crippen molar-refractivity contribution in [2.24, 2.45) is 0 Å². The SMILES string of the molecule is CC(C)N(CC(=O)O)C(=O)NCc1ccsc1. The molecule has 0 radical (unpaired) electrons. The molecule has 2 amide bonds. The second-order valence-electron chi connectivity index (χ2n) is 3.91. The largest absolute Gasteiger partial charge is 0.480 e. The number of amides is 2. The molecule has 0 saturated heterocycles. The van der Waals surface area contributed by atoms with E-state index in [-0.39, 0.29) is 18.6 Å². The van der Waals surface area contributed by atoms with Gasteiger partial charge in [0.1, 0.15) is 6.54 Å². The van der Waals surface area contributed by atoms with Gasteiger partial charge >= 0.3 is 12.0 Å². The van der Waals surface area contributed by atoms with Gasteiger partial charge in [0, 0.05) is 12.6 Å². The van der Waals surface area contributed by atoms with Gasteiger partial charge < -0.3 is 15.3 Å². The molecule has 0 atom stereocenters. The van der Waals surface area contributed by atoms with E-state index in [1.807, 2.05) is 16.8 Å². The molecule has 0 saturated carbocycles. The molecule has 1 aromatic heterocycles. The number of urea groups is 1. The number of nitrogens with zero attached hydrogens (tertiary/aromatic N) is 1. The summed E-state index contributed by atoms with van der Waals surface area (Å²) >= 11 is 1.56. The smallest absolute Gasteiger partial charge is 0.323 e. The molecule has 0 spiro atoms. The second kappa shape index (κ2) is 6.24. The highest BCUT2D eigenvalue weighted by molar-refractivity contribution is 7.07. The van der Waals surface area contributed by atoms with E-state index in [9.17, 15) is 9.59 Å². The number of hydrogen-bond acceptors (Lipinski definition) is 3. The van der Waals surface area contributed by atoms with Crippen molar-refractivity contribution in [1.29, 1.82) is 0 Å². The first-order chi connectivity index (χ1) is 8.00. The quantitative estimate of drug-likeness (QED) is 0.843. The van der Waals surface area contributed by atoms with Gasteiger partial charge in [-0.2, -0.15) is 11.3 Å². The summed E-state index contributed by atoms with van der Waals surface area (Å²) in [6.07, 6.45) is 0. The fourth-order valence-corrected chi connectivity index (χ4v) is 1.98. The Morgan fingerprint density at radius 2 is 2.24 bits per heavy atom. The number of thiophene rings is 1. The minimum absolute atomic E-state index is 0.145. The van der Waals surface area contributed by atoms with Crippen molar-refractivity contribution < 1.29 is 14.7 Å². The molecule has 0 aromatic carbocycles. The Labute approximate surface area is 104 Å². The lowest BCUT2D eigenvalue weighted by Gasteiger charge is -2.24. The van der Waals surface area contributed by atoms with E-state index < -0.39 is 5.97 Å². The van der Waals surface area contributed by atoms with E-state index >= 15 is 0 Å². The van der Waals surface area contributed by atoms with Gasteiger partial charge in [0.15, 0.2) is 0 Å². The third kappa shape index (κ3) is 4.44. The predicted molar refractivity (Wildman–Crippen MR) is 66.0 cm³/mol. The first-order valence-corrected chi connectivity index (χ1v) is 6.22. The number of aliphatic carboxylic acids is 1. The number of nitrogens with one attached hydrogen (secondary N) is 1. The number of carboxylic acid groups (broad SMARTS) is 1. The lowest BCUT2D eigenvalue weighted by atomic mass is 10.3. The Balaban J connectivity index is 2.50. The van der Waals surface area contributed by atoms with Crippen molar-refractivity contribution in [2.45, 2.75) is 26.4 Å². The van der Waals surface area contributed by atoms with Crippen LogP contribution in [0.5, 0.6) is 0 Å². The van der Waals surface area contributed by atoms with E-state index in [0.29, 0.717) is 6.54 Å². The van der Waals surface area contributed by atoms with Crippen LogP contribution in [0.15, 0.2) is 16.8 Å². The lowest BCUT2D eigenvalue weighted by Crippen LogP contribution is -2.46. The van der Waals surface area contributed by atoms with Crippen LogP contribution < -0.4 is 5.32 Å². The maximum Gasteiger partial charge on any atom is 0.323 e. The average molecular weight is 256 g/mol. The molecule has 0 unspecified atom stereocenters. The van der Waals surface area contributed by atoms with E-state index in [0.717, 1.165) is 5.56 Å². The molecule has 0 aliphatic heterocycles. The molecule has 2 N–H and O–H groups in total.